The number of halogens is 3. The molecule has 22 heavy (non-hydrogen) atoms. The Hall–Kier alpha value is -2.50. The Balaban J connectivity index is 2.24. The number of alkyl halides is 3. The van der Waals surface area contributed by atoms with Crippen molar-refractivity contribution in [1.29, 1.82) is 0 Å². The van der Waals surface area contributed by atoms with Crippen LogP contribution in [-0.2, 0) is 11.3 Å². The molecule has 2 heterocycles. The van der Waals surface area contributed by atoms with Crippen LogP contribution in [0.3, 0.4) is 0 Å². The molecule has 0 fully saturated rings. The molecule has 0 aliphatic carbocycles. The van der Waals surface area contributed by atoms with Crippen molar-refractivity contribution >= 4 is 11.6 Å². The van der Waals surface area contributed by atoms with Gasteiger partial charge in [-0.1, -0.05) is 5.21 Å². The maximum atomic E-state index is 12.0. The maximum absolute atomic E-state index is 12.0. The molecule has 2 rings (SSSR count). The normalized spacial score (nSPS) is 11.8. The molecule has 0 saturated heterocycles. The van der Waals surface area contributed by atoms with Gasteiger partial charge in [0.25, 0.3) is 5.91 Å². The van der Waals surface area contributed by atoms with Crippen molar-refractivity contribution in [2.75, 3.05) is 13.2 Å². The fraction of sp³-hybridized carbons (Fsp3) is 0.500. The van der Waals surface area contributed by atoms with E-state index in [9.17, 15) is 22.8 Å². The number of aromatic nitrogens is 5. The van der Waals surface area contributed by atoms with Crippen LogP contribution in [0.4, 0.5) is 13.2 Å². The maximum Gasteiger partial charge on any atom is 0.522 e. The van der Waals surface area contributed by atoms with Crippen molar-refractivity contribution in [3.8, 4) is 0 Å². The van der Waals surface area contributed by atoms with Crippen LogP contribution in [0.15, 0.2) is 11.1 Å². The minimum atomic E-state index is -4.79. The highest BCUT2D eigenvalue weighted by Gasteiger charge is 2.28. The van der Waals surface area contributed by atoms with E-state index < -0.39 is 31.1 Å². The number of ether oxygens (including phenoxy) is 1. The van der Waals surface area contributed by atoms with Crippen LogP contribution in [0, 0.1) is 0 Å². The second-order valence-corrected chi connectivity index (χ2v) is 4.04. The summed E-state index contributed by atoms with van der Waals surface area (Å²) in [5.74, 6) is -0.531. The number of rotatable bonds is 5. The summed E-state index contributed by atoms with van der Waals surface area (Å²) in [6, 6.07) is 0. The zero-order chi connectivity index (χ0) is 16.3. The molecule has 0 spiro atoms. The van der Waals surface area contributed by atoms with Gasteiger partial charge in [0.15, 0.2) is 11.3 Å². The predicted molar refractivity (Wildman–Crippen MR) is 65.1 cm³/mol. The molecule has 1 amide bonds. The number of carbonyl (C=O) groups excluding carboxylic acids is 1. The van der Waals surface area contributed by atoms with Crippen LogP contribution in [0.25, 0.3) is 5.65 Å². The lowest BCUT2D eigenvalue weighted by Gasteiger charge is -2.07. The number of nitrogens with zero attached hydrogens (tertiary/aromatic N) is 5. The highest BCUT2D eigenvalue weighted by molar-refractivity contribution is 5.97. The molecular formula is C10H11F3N6O3. The predicted octanol–water partition coefficient (Wildman–Crippen LogP) is -0.428. The fourth-order valence-corrected chi connectivity index (χ4v) is 1.63. The van der Waals surface area contributed by atoms with Crippen molar-refractivity contribution in [2.24, 2.45) is 0 Å². The Morgan fingerprint density at radius 1 is 1.45 bits per heavy atom. The third-order valence-electron chi connectivity index (χ3n) is 2.54. The molecule has 12 heteroatoms. The minimum Gasteiger partial charge on any atom is -0.351 e. The fourth-order valence-electron chi connectivity index (χ4n) is 1.63. The van der Waals surface area contributed by atoms with Crippen LogP contribution < -0.4 is 11.0 Å². The number of hydrogen-bond acceptors (Lipinski definition) is 6. The topological polar surface area (TPSA) is 103 Å². The highest BCUT2D eigenvalue weighted by atomic mass is 19.4. The van der Waals surface area contributed by atoms with Crippen molar-refractivity contribution in [3.63, 3.8) is 0 Å². The third-order valence-corrected chi connectivity index (χ3v) is 2.54. The molecule has 120 valence electrons. The van der Waals surface area contributed by atoms with E-state index in [0.29, 0.717) is 11.2 Å². The Kier molecular flexibility index (Phi) is 4.40. The first-order chi connectivity index (χ1) is 10.3. The first-order valence-corrected chi connectivity index (χ1v) is 6.13. The molecule has 0 bridgehead atoms. The lowest BCUT2D eigenvalue weighted by Crippen LogP contribution is -2.32. The lowest BCUT2D eigenvalue weighted by atomic mass is 10.4. The van der Waals surface area contributed by atoms with E-state index in [1.165, 1.54) is 0 Å². The van der Waals surface area contributed by atoms with Crippen molar-refractivity contribution < 1.29 is 22.7 Å². The number of nitrogens with one attached hydrogen (secondary N) is 1. The van der Waals surface area contributed by atoms with Gasteiger partial charge in [-0.15, -0.1) is 18.3 Å². The molecule has 0 unspecified atom stereocenters. The van der Waals surface area contributed by atoms with Crippen LogP contribution in [0.1, 0.15) is 17.4 Å². The molecule has 0 atom stereocenters. The Morgan fingerprint density at radius 3 is 2.82 bits per heavy atom. The van der Waals surface area contributed by atoms with E-state index >= 15 is 0 Å². The molecule has 2 aromatic heterocycles. The third kappa shape index (κ3) is 3.39. The van der Waals surface area contributed by atoms with E-state index in [0.717, 1.165) is 10.7 Å². The van der Waals surface area contributed by atoms with Gasteiger partial charge in [-0.25, -0.2) is 14.2 Å². The molecule has 2 aromatic rings. The van der Waals surface area contributed by atoms with Gasteiger partial charge >= 0.3 is 12.1 Å². The molecule has 0 radical (unpaired) electrons. The summed E-state index contributed by atoms with van der Waals surface area (Å²) in [7, 11) is 0. The summed E-state index contributed by atoms with van der Waals surface area (Å²) < 4.78 is 40.8. The monoisotopic (exact) mass is 320 g/mol. The van der Waals surface area contributed by atoms with E-state index in [1.807, 2.05) is 0 Å². The lowest BCUT2D eigenvalue weighted by molar-refractivity contribution is -0.325. The molecule has 0 aliphatic rings. The molecular weight excluding hydrogens is 309 g/mol. The second-order valence-electron chi connectivity index (χ2n) is 4.04. The van der Waals surface area contributed by atoms with Crippen LogP contribution in [0.5, 0.6) is 0 Å². The molecule has 1 N–H and O–H groups in total. The summed E-state index contributed by atoms with van der Waals surface area (Å²) in [6.07, 6.45) is -3.74. The van der Waals surface area contributed by atoms with E-state index in [4.69, 9.17) is 0 Å². The number of amides is 1. The molecule has 9 nitrogen and oxygen atoms in total. The first-order valence-electron chi connectivity index (χ1n) is 6.13. The van der Waals surface area contributed by atoms with Gasteiger partial charge in [0.1, 0.15) is 6.33 Å². The zero-order valence-electron chi connectivity index (χ0n) is 11.3. The number of hydrogen-bond donors (Lipinski definition) is 1. The van der Waals surface area contributed by atoms with Crippen molar-refractivity contribution in [2.45, 2.75) is 19.8 Å². The SMILES string of the molecule is CCNC(=O)c1ncn2c(=O)n(CCOC(F)(F)F)nnc12. The molecule has 0 aliphatic heterocycles. The number of carbonyl (C=O) groups is 1. The Morgan fingerprint density at radius 2 is 2.18 bits per heavy atom. The highest BCUT2D eigenvalue weighted by Crippen LogP contribution is 2.15. The van der Waals surface area contributed by atoms with Gasteiger partial charge in [0.2, 0.25) is 0 Å². The molecule has 0 aromatic carbocycles. The van der Waals surface area contributed by atoms with Crippen molar-refractivity contribution in [3.05, 3.63) is 22.5 Å². The minimum absolute atomic E-state index is 0.0797. The van der Waals surface area contributed by atoms with Gasteiger partial charge < -0.3 is 5.32 Å². The zero-order valence-corrected chi connectivity index (χ0v) is 11.3. The van der Waals surface area contributed by atoms with Gasteiger partial charge in [-0.3, -0.25) is 9.53 Å². The first kappa shape index (κ1) is 15.9. The summed E-state index contributed by atoms with van der Waals surface area (Å²) in [5, 5.41) is 9.59. The van der Waals surface area contributed by atoms with Gasteiger partial charge in [-0.2, -0.15) is 4.68 Å². The summed E-state index contributed by atoms with van der Waals surface area (Å²) in [5.41, 5.74) is -0.951. The second kappa shape index (κ2) is 6.09. The van der Waals surface area contributed by atoms with E-state index in [1.54, 1.807) is 6.92 Å². The average molecular weight is 320 g/mol. The Labute approximate surface area is 120 Å². The average Bonchev–Trinajstić information content (AvgIpc) is 2.85. The summed E-state index contributed by atoms with van der Waals surface area (Å²) in [4.78, 5) is 27.4. The number of fused-ring (bicyclic) bond motifs is 1. The van der Waals surface area contributed by atoms with E-state index in [2.05, 4.69) is 25.3 Å². The smallest absolute Gasteiger partial charge is 0.351 e. The van der Waals surface area contributed by atoms with Gasteiger partial charge in [-0.05, 0) is 6.92 Å². The van der Waals surface area contributed by atoms with E-state index in [-0.39, 0.29) is 11.3 Å². The van der Waals surface area contributed by atoms with Crippen LogP contribution in [0.2, 0.25) is 0 Å². The number of imidazole rings is 1. The quantitative estimate of drug-likeness (QED) is 0.802. The molecule has 0 saturated carbocycles. The van der Waals surface area contributed by atoms with Gasteiger partial charge in [0.05, 0.1) is 13.2 Å². The standard InChI is InChI=1S/C10H11F3N6O3/c1-2-14-8(20)6-7-16-17-19(3-4-22-10(11,12)13)9(21)18(7)5-15-6/h5H,2-4H2,1H3,(H,14,20). The largest absolute Gasteiger partial charge is 0.522 e. The van der Waals surface area contributed by atoms with Crippen LogP contribution >= 0.6 is 0 Å². The van der Waals surface area contributed by atoms with Crippen molar-refractivity contribution in [1.82, 2.24) is 29.7 Å². The summed E-state index contributed by atoms with van der Waals surface area (Å²) >= 11 is 0. The van der Waals surface area contributed by atoms with Gasteiger partial charge in [0, 0.05) is 6.54 Å². The Bertz CT molecular complexity index is 738. The van der Waals surface area contributed by atoms with Crippen LogP contribution in [-0.4, -0.2) is 49.8 Å². The summed E-state index contributed by atoms with van der Waals surface area (Å²) in [6.45, 7) is 0.823.